The van der Waals surface area contributed by atoms with Crippen molar-refractivity contribution in [3.8, 4) is 0 Å². The fourth-order valence-corrected chi connectivity index (χ4v) is 2.35. The molecule has 0 bridgehead atoms. The van der Waals surface area contributed by atoms with Gasteiger partial charge in [-0.15, -0.1) is 0 Å². The SMILES string of the molecule is CC(O)C1CCN(CCCCC(N)=NO)CC1. The van der Waals surface area contributed by atoms with Gasteiger partial charge in [0, 0.05) is 6.42 Å². The third kappa shape index (κ3) is 5.37. The normalized spacial score (nSPS) is 21.6. The van der Waals surface area contributed by atoms with Crippen LogP contribution in [0.2, 0.25) is 0 Å². The molecule has 0 aromatic rings. The number of rotatable bonds is 6. The van der Waals surface area contributed by atoms with E-state index in [1.165, 1.54) is 0 Å². The third-order valence-corrected chi connectivity index (χ3v) is 3.60. The highest BCUT2D eigenvalue weighted by molar-refractivity contribution is 5.79. The van der Waals surface area contributed by atoms with Crippen LogP contribution in [0.1, 0.15) is 39.0 Å². The molecule has 0 radical (unpaired) electrons. The second-order valence-corrected chi connectivity index (χ2v) is 4.97. The summed E-state index contributed by atoms with van der Waals surface area (Å²) in [5.74, 6) is 0.793. The first-order valence-electron chi connectivity index (χ1n) is 6.50. The molecule has 0 aromatic heterocycles. The molecule has 0 spiro atoms. The Labute approximate surface area is 103 Å². The zero-order chi connectivity index (χ0) is 12.7. The van der Waals surface area contributed by atoms with Crippen molar-refractivity contribution in [1.29, 1.82) is 0 Å². The molecule has 0 aromatic carbocycles. The van der Waals surface area contributed by atoms with Crippen molar-refractivity contribution in [3.63, 3.8) is 0 Å². The van der Waals surface area contributed by atoms with Gasteiger partial charge in [0.05, 0.1) is 6.10 Å². The van der Waals surface area contributed by atoms with Gasteiger partial charge in [0.25, 0.3) is 0 Å². The van der Waals surface area contributed by atoms with E-state index in [1.54, 1.807) is 0 Å². The molecular weight excluding hydrogens is 218 g/mol. The Bertz CT molecular complexity index is 236. The first kappa shape index (κ1) is 14.3. The molecule has 1 unspecified atom stereocenters. The van der Waals surface area contributed by atoms with Crippen LogP contribution in [0.25, 0.3) is 0 Å². The summed E-state index contributed by atoms with van der Waals surface area (Å²) in [6.07, 6.45) is 4.73. The molecule has 1 fully saturated rings. The Balaban J connectivity index is 2.06. The molecule has 1 atom stereocenters. The predicted octanol–water partition coefficient (Wildman–Crippen LogP) is 0.996. The molecule has 1 saturated heterocycles. The second kappa shape index (κ2) is 7.50. The number of nitrogens with zero attached hydrogens (tertiary/aromatic N) is 2. The first-order chi connectivity index (χ1) is 8.13. The summed E-state index contributed by atoms with van der Waals surface area (Å²) in [6, 6.07) is 0. The van der Waals surface area contributed by atoms with Crippen LogP contribution in [0.4, 0.5) is 0 Å². The smallest absolute Gasteiger partial charge is 0.139 e. The standard InChI is InChI=1S/C12H25N3O2/c1-10(16)11-5-8-15(9-6-11)7-3-2-4-12(13)14-17/h10-11,16-17H,2-9H2,1H3,(H2,13,14). The van der Waals surface area contributed by atoms with E-state index in [0.29, 0.717) is 18.2 Å². The number of oxime groups is 1. The molecule has 4 N–H and O–H groups in total. The zero-order valence-corrected chi connectivity index (χ0v) is 10.7. The average Bonchev–Trinajstić information content (AvgIpc) is 2.34. The first-order valence-corrected chi connectivity index (χ1v) is 6.50. The van der Waals surface area contributed by atoms with E-state index >= 15 is 0 Å². The molecule has 5 heteroatoms. The quantitative estimate of drug-likeness (QED) is 0.214. The Kier molecular flexibility index (Phi) is 6.29. The molecule has 100 valence electrons. The highest BCUT2D eigenvalue weighted by Gasteiger charge is 2.21. The Hall–Kier alpha value is -0.810. The molecule has 0 amide bonds. The largest absolute Gasteiger partial charge is 0.409 e. The monoisotopic (exact) mass is 243 g/mol. The lowest BCUT2D eigenvalue weighted by Gasteiger charge is -2.33. The van der Waals surface area contributed by atoms with E-state index in [4.69, 9.17) is 10.9 Å². The van der Waals surface area contributed by atoms with Gasteiger partial charge < -0.3 is 20.9 Å². The third-order valence-electron chi connectivity index (χ3n) is 3.60. The van der Waals surface area contributed by atoms with Gasteiger partial charge in [-0.05, 0) is 58.2 Å². The maximum absolute atomic E-state index is 9.50. The van der Waals surface area contributed by atoms with Gasteiger partial charge in [0.1, 0.15) is 5.84 Å². The van der Waals surface area contributed by atoms with Gasteiger partial charge in [-0.25, -0.2) is 0 Å². The lowest BCUT2D eigenvalue weighted by atomic mass is 9.92. The lowest BCUT2D eigenvalue weighted by Crippen LogP contribution is -2.37. The number of aliphatic hydroxyl groups excluding tert-OH is 1. The number of unbranched alkanes of at least 4 members (excludes halogenated alkanes) is 1. The van der Waals surface area contributed by atoms with Crippen LogP contribution in [0.3, 0.4) is 0 Å². The fraction of sp³-hybridized carbons (Fsp3) is 0.917. The van der Waals surface area contributed by atoms with Crippen LogP contribution < -0.4 is 5.73 Å². The van der Waals surface area contributed by atoms with Gasteiger partial charge in [0.15, 0.2) is 0 Å². The molecular formula is C12H25N3O2. The number of amidine groups is 1. The lowest BCUT2D eigenvalue weighted by molar-refractivity contribution is 0.0714. The summed E-state index contributed by atoms with van der Waals surface area (Å²) in [7, 11) is 0. The highest BCUT2D eigenvalue weighted by atomic mass is 16.4. The van der Waals surface area contributed by atoms with Gasteiger partial charge in [-0.3, -0.25) is 0 Å². The summed E-state index contributed by atoms with van der Waals surface area (Å²) >= 11 is 0. The number of piperidine rings is 1. The van der Waals surface area contributed by atoms with Crippen LogP contribution in [0.5, 0.6) is 0 Å². The number of aliphatic hydroxyl groups is 1. The number of likely N-dealkylation sites (tertiary alicyclic amines) is 1. The number of nitrogens with two attached hydrogens (primary N) is 1. The van der Waals surface area contributed by atoms with E-state index in [9.17, 15) is 5.11 Å². The van der Waals surface area contributed by atoms with E-state index in [1.807, 2.05) is 6.92 Å². The Morgan fingerprint density at radius 3 is 2.59 bits per heavy atom. The maximum atomic E-state index is 9.50. The minimum absolute atomic E-state index is 0.169. The van der Waals surface area contributed by atoms with Crippen molar-refractivity contribution in [3.05, 3.63) is 0 Å². The summed E-state index contributed by atoms with van der Waals surface area (Å²) in [6.45, 7) is 5.13. The second-order valence-electron chi connectivity index (χ2n) is 4.97. The van der Waals surface area contributed by atoms with Crippen molar-refractivity contribution < 1.29 is 10.3 Å². The molecule has 17 heavy (non-hydrogen) atoms. The molecule has 5 nitrogen and oxygen atoms in total. The van der Waals surface area contributed by atoms with E-state index in [0.717, 1.165) is 45.3 Å². The van der Waals surface area contributed by atoms with Crippen molar-refractivity contribution in [2.45, 2.75) is 45.1 Å². The van der Waals surface area contributed by atoms with E-state index in [-0.39, 0.29) is 6.10 Å². The van der Waals surface area contributed by atoms with Crippen LogP contribution in [0, 0.1) is 5.92 Å². The topological polar surface area (TPSA) is 82.1 Å². The Morgan fingerprint density at radius 2 is 2.06 bits per heavy atom. The highest BCUT2D eigenvalue weighted by Crippen LogP contribution is 2.20. The Morgan fingerprint density at radius 1 is 1.41 bits per heavy atom. The van der Waals surface area contributed by atoms with Crippen LogP contribution >= 0.6 is 0 Å². The number of hydrogen-bond donors (Lipinski definition) is 3. The molecule has 1 heterocycles. The van der Waals surface area contributed by atoms with Gasteiger partial charge in [0.2, 0.25) is 0 Å². The molecule has 0 saturated carbocycles. The van der Waals surface area contributed by atoms with E-state index in [2.05, 4.69) is 10.1 Å². The zero-order valence-electron chi connectivity index (χ0n) is 10.7. The van der Waals surface area contributed by atoms with E-state index < -0.39 is 0 Å². The summed E-state index contributed by atoms with van der Waals surface area (Å²) in [4.78, 5) is 2.44. The minimum Gasteiger partial charge on any atom is -0.409 e. The minimum atomic E-state index is -0.169. The van der Waals surface area contributed by atoms with Crippen molar-refractivity contribution in [2.75, 3.05) is 19.6 Å². The summed E-state index contributed by atoms with van der Waals surface area (Å²) in [5.41, 5.74) is 5.40. The van der Waals surface area contributed by atoms with Gasteiger partial charge >= 0.3 is 0 Å². The molecule has 1 rings (SSSR count). The van der Waals surface area contributed by atoms with Gasteiger partial charge in [-0.2, -0.15) is 0 Å². The molecule has 0 aliphatic carbocycles. The van der Waals surface area contributed by atoms with Crippen molar-refractivity contribution in [2.24, 2.45) is 16.8 Å². The maximum Gasteiger partial charge on any atom is 0.139 e. The average molecular weight is 243 g/mol. The van der Waals surface area contributed by atoms with Crippen LogP contribution in [-0.2, 0) is 0 Å². The summed E-state index contributed by atoms with van der Waals surface area (Å²) < 4.78 is 0. The summed E-state index contributed by atoms with van der Waals surface area (Å²) in [5, 5.41) is 20.8. The van der Waals surface area contributed by atoms with Crippen molar-refractivity contribution >= 4 is 5.84 Å². The molecule has 1 aliphatic rings. The predicted molar refractivity (Wildman–Crippen MR) is 68.1 cm³/mol. The van der Waals surface area contributed by atoms with Gasteiger partial charge in [-0.1, -0.05) is 5.16 Å². The number of hydrogen-bond acceptors (Lipinski definition) is 4. The van der Waals surface area contributed by atoms with Crippen LogP contribution in [0.15, 0.2) is 5.16 Å². The fourth-order valence-electron chi connectivity index (χ4n) is 2.35. The van der Waals surface area contributed by atoms with Crippen LogP contribution in [-0.4, -0.2) is 46.8 Å². The van der Waals surface area contributed by atoms with Crippen molar-refractivity contribution in [1.82, 2.24) is 4.90 Å². The molecule has 1 aliphatic heterocycles.